The van der Waals surface area contributed by atoms with Crippen LogP contribution in [-0.2, 0) is 0 Å². The topological polar surface area (TPSA) is 26.0 Å². The van der Waals surface area contributed by atoms with Gasteiger partial charge in [0.1, 0.15) is 0 Å². The van der Waals surface area contributed by atoms with Crippen molar-refractivity contribution < 1.29 is 4.42 Å². The van der Waals surface area contributed by atoms with Gasteiger partial charge in [-0.3, -0.25) is 0 Å². The summed E-state index contributed by atoms with van der Waals surface area (Å²) in [6, 6.07) is 30.0. The van der Waals surface area contributed by atoms with Crippen LogP contribution in [-0.4, -0.2) is 18.3 Å². The number of aromatic nitrogens is 1. The van der Waals surface area contributed by atoms with Crippen LogP contribution in [0.3, 0.4) is 0 Å². The van der Waals surface area contributed by atoms with Crippen molar-refractivity contribution in [1.29, 1.82) is 0 Å². The van der Waals surface area contributed by atoms with Crippen LogP contribution < -0.4 is 4.40 Å². The number of benzene rings is 4. The zero-order chi connectivity index (χ0) is 21.2. The maximum atomic E-state index is 6.32. The SMILES string of the molecule is [CH3][Ge]([CH3])([CH3])[c]1cc(-c2cccc3c2oc2ccccc23)nc2ccc3ccccc3c12. The Hall–Kier alpha value is -3.11. The zero-order valence-corrected chi connectivity index (χ0v) is 20.0. The first-order chi connectivity index (χ1) is 15.0. The number of pyridine rings is 1. The molecule has 0 saturated carbocycles. The summed E-state index contributed by atoms with van der Waals surface area (Å²) in [6.45, 7) is 0. The van der Waals surface area contributed by atoms with E-state index >= 15 is 0 Å². The number of hydrogen-bond donors (Lipinski definition) is 0. The van der Waals surface area contributed by atoms with Crippen molar-refractivity contribution in [2.24, 2.45) is 0 Å². The zero-order valence-electron chi connectivity index (χ0n) is 17.9. The number of fused-ring (bicyclic) bond motifs is 6. The standard InChI is InChI=1S/C28H23GeNO/c1-29(2,3)23-17-25(30-24-16-15-18-9-4-5-10-19(18)27(23)24)22-13-8-12-21-20-11-6-7-14-26(20)31-28(21)22/h4-17H,1-3H3. The molecule has 0 amide bonds. The molecule has 2 aromatic heterocycles. The van der Waals surface area contributed by atoms with Crippen molar-refractivity contribution in [3.63, 3.8) is 0 Å². The monoisotopic (exact) mass is 463 g/mol. The normalized spacial score (nSPS) is 12.4. The quantitative estimate of drug-likeness (QED) is 0.197. The van der Waals surface area contributed by atoms with Crippen LogP contribution in [0.2, 0.25) is 17.3 Å². The van der Waals surface area contributed by atoms with E-state index in [4.69, 9.17) is 9.40 Å². The van der Waals surface area contributed by atoms with Crippen molar-refractivity contribution in [2.75, 3.05) is 0 Å². The predicted molar refractivity (Wildman–Crippen MR) is 135 cm³/mol. The second kappa shape index (κ2) is 6.70. The fourth-order valence-electron chi connectivity index (χ4n) is 4.69. The Morgan fingerprint density at radius 3 is 2.29 bits per heavy atom. The van der Waals surface area contributed by atoms with Crippen LogP contribution in [0.5, 0.6) is 0 Å². The first-order valence-electron chi connectivity index (χ1n) is 10.7. The van der Waals surface area contributed by atoms with Crippen LogP contribution in [0.25, 0.3) is 54.9 Å². The summed E-state index contributed by atoms with van der Waals surface area (Å²) in [5.74, 6) is 7.38. The molecule has 0 N–H and O–H groups in total. The Labute approximate surface area is 183 Å². The predicted octanol–water partition coefficient (Wildman–Crippen LogP) is 7.50. The number of nitrogens with zero attached hydrogens (tertiary/aromatic N) is 1. The summed E-state index contributed by atoms with van der Waals surface area (Å²) < 4.78 is 7.81. The fourth-order valence-corrected chi connectivity index (χ4v) is 8.01. The van der Waals surface area contributed by atoms with Gasteiger partial charge in [0, 0.05) is 0 Å². The van der Waals surface area contributed by atoms with Gasteiger partial charge in [0.05, 0.1) is 0 Å². The van der Waals surface area contributed by atoms with Gasteiger partial charge in [-0.05, 0) is 0 Å². The minimum atomic E-state index is -2.22. The molecule has 0 fully saturated rings. The molecule has 0 spiro atoms. The van der Waals surface area contributed by atoms with Gasteiger partial charge in [-0.15, -0.1) is 0 Å². The van der Waals surface area contributed by atoms with Crippen molar-refractivity contribution >= 4 is 61.3 Å². The third-order valence-corrected chi connectivity index (χ3v) is 10.4. The molecule has 150 valence electrons. The summed E-state index contributed by atoms with van der Waals surface area (Å²) in [5, 5.41) is 6.20. The van der Waals surface area contributed by atoms with Gasteiger partial charge < -0.3 is 0 Å². The molecular formula is C28H23GeNO. The molecule has 0 atom stereocenters. The summed E-state index contributed by atoms with van der Waals surface area (Å²) in [6.07, 6.45) is 0. The Kier molecular flexibility index (Phi) is 4.03. The van der Waals surface area contributed by atoms with Crippen LogP contribution in [0, 0.1) is 0 Å². The molecule has 0 unspecified atom stereocenters. The summed E-state index contributed by atoms with van der Waals surface area (Å²) in [5.41, 5.74) is 4.98. The van der Waals surface area contributed by atoms with Crippen molar-refractivity contribution in [2.45, 2.75) is 17.3 Å². The van der Waals surface area contributed by atoms with E-state index in [2.05, 4.69) is 90.1 Å². The molecule has 0 radical (unpaired) electrons. The third kappa shape index (κ3) is 2.89. The summed E-state index contributed by atoms with van der Waals surface area (Å²) in [4.78, 5) is 5.16. The van der Waals surface area contributed by atoms with E-state index in [1.807, 2.05) is 12.1 Å². The first-order valence-corrected chi connectivity index (χ1v) is 18.1. The molecule has 4 aromatic carbocycles. The van der Waals surface area contributed by atoms with Crippen molar-refractivity contribution in [1.82, 2.24) is 4.98 Å². The Morgan fingerprint density at radius 2 is 1.45 bits per heavy atom. The summed E-state index contributed by atoms with van der Waals surface area (Å²) >= 11 is -2.22. The van der Waals surface area contributed by atoms with Gasteiger partial charge in [-0.2, -0.15) is 0 Å². The van der Waals surface area contributed by atoms with Crippen molar-refractivity contribution in [3.05, 3.63) is 84.9 Å². The molecular weight excluding hydrogens is 439 g/mol. The fraction of sp³-hybridized carbons (Fsp3) is 0.107. The van der Waals surface area contributed by atoms with Gasteiger partial charge >= 0.3 is 184 Å². The molecule has 0 bridgehead atoms. The molecule has 31 heavy (non-hydrogen) atoms. The Bertz CT molecular complexity index is 1620. The second-order valence-electron chi connectivity index (χ2n) is 9.27. The van der Waals surface area contributed by atoms with Crippen LogP contribution in [0.4, 0.5) is 0 Å². The van der Waals surface area contributed by atoms with Crippen LogP contribution in [0.1, 0.15) is 0 Å². The number of para-hydroxylation sites is 2. The average Bonchev–Trinajstić information content (AvgIpc) is 3.16. The third-order valence-electron chi connectivity index (χ3n) is 6.19. The average molecular weight is 462 g/mol. The first kappa shape index (κ1) is 18.6. The molecule has 6 aromatic rings. The minimum absolute atomic E-state index is 0.920. The van der Waals surface area contributed by atoms with E-state index in [0.717, 1.165) is 38.7 Å². The van der Waals surface area contributed by atoms with E-state index in [1.54, 1.807) is 0 Å². The van der Waals surface area contributed by atoms with Gasteiger partial charge in [0.2, 0.25) is 0 Å². The van der Waals surface area contributed by atoms with E-state index in [1.165, 1.54) is 20.6 Å². The number of hydrogen-bond acceptors (Lipinski definition) is 2. The molecule has 6 rings (SSSR count). The molecule has 0 aliphatic rings. The van der Waals surface area contributed by atoms with E-state index in [0.29, 0.717) is 0 Å². The molecule has 0 saturated heterocycles. The second-order valence-corrected chi connectivity index (χ2v) is 19.8. The molecule has 2 nitrogen and oxygen atoms in total. The van der Waals surface area contributed by atoms with Gasteiger partial charge in [0.15, 0.2) is 0 Å². The molecule has 2 heterocycles. The molecule has 0 aliphatic carbocycles. The van der Waals surface area contributed by atoms with Crippen molar-refractivity contribution in [3.8, 4) is 11.3 Å². The number of rotatable bonds is 2. The maximum absolute atomic E-state index is 6.32. The van der Waals surface area contributed by atoms with E-state index in [9.17, 15) is 0 Å². The van der Waals surface area contributed by atoms with Crippen LogP contribution >= 0.6 is 0 Å². The molecule has 0 aliphatic heterocycles. The van der Waals surface area contributed by atoms with Gasteiger partial charge in [0.25, 0.3) is 0 Å². The molecule has 3 heteroatoms. The Balaban J connectivity index is 1.72. The number of furan rings is 1. The summed E-state index contributed by atoms with van der Waals surface area (Å²) in [7, 11) is 0. The van der Waals surface area contributed by atoms with E-state index < -0.39 is 13.3 Å². The Morgan fingerprint density at radius 1 is 0.710 bits per heavy atom. The van der Waals surface area contributed by atoms with Crippen LogP contribution in [0.15, 0.2) is 89.3 Å². The van der Waals surface area contributed by atoms with Gasteiger partial charge in [-0.1, -0.05) is 0 Å². The van der Waals surface area contributed by atoms with Gasteiger partial charge in [-0.25, -0.2) is 0 Å². The van der Waals surface area contributed by atoms with E-state index in [-0.39, 0.29) is 0 Å².